The van der Waals surface area contributed by atoms with Gasteiger partial charge in [0.05, 0.1) is 12.2 Å². The number of imide groups is 1. The van der Waals surface area contributed by atoms with Crippen LogP contribution in [0.4, 0.5) is 16.2 Å². The minimum Gasteiger partial charge on any atom is -0.368 e. The molecule has 1 aliphatic heterocycles. The maximum Gasteiger partial charge on any atom is 0.295 e. The van der Waals surface area contributed by atoms with Crippen LogP contribution in [0, 0.1) is 13.8 Å². The molecule has 0 saturated carbocycles. The molecule has 0 aliphatic carbocycles. The Kier molecular flexibility index (Phi) is 4.99. The van der Waals surface area contributed by atoms with Crippen LogP contribution in [0.2, 0.25) is 0 Å². The van der Waals surface area contributed by atoms with Gasteiger partial charge in [0, 0.05) is 5.69 Å². The van der Waals surface area contributed by atoms with Crippen LogP contribution in [0.1, 0.15) is 11.1 Å². The Bertz CT molecular complexity index is 867. The Morgan fingerprint density at radius 2 is 1.81 bits per heavy atom. The number of hydrogen-bond donors (Lipinski definition) is 1. The van der Waals surface area contributed by atoms with Crippen LogP contribution in [0.25, 0.3) is 0 Å². The van der Waals surface area contributed by atoms with Gasteiger partial charge in [-0.2, -0.15) is 0 Å². The lowest BCUT2D eigenvalue weighted by atomic mass is 10.2. The Hall–Kier alpha value is -2.80. The number of rotatable bonds is 5. The fourth-order valence-corrected chi connectivity index (χ4v) is 3.83. The molecular weight excluding hydrogens is 350 g/mol. The number of amides is 3. The molecule has 0 unspecified atom stereocenters. The maximum atomic E-state index is 13.0. The zero-order valence-corrected chi connectivity index (χ0v) is 15.3. The smallest absolute Gasteiger partial charge is 0.295 e. The second-order valence-electron chi connectivity index (χ2n) is 6.18. The molecular formula is C19H19N3O3S. The topological polar surface area (TPSA) is 83.7 Å². The molecule has 6 nitrogen and oxygen atoms in total. The second kappa shape index (κ2) is 7.21. The summed E-state index contributed by atoms with van der Waals surface area (Å²) in [5.74, 6) is -0.951. The van der Waals surface area contributed by atoms with E-state index in [1.807, 2.05) is 44.2 Å². The summed E-state index contributed by atoms with van der Waals surface area (Å²) in [7, 11) is 0. The third kappa shape index (κ3) is 3.57. The maximum absolute atomic E-state index is 13.0. The van der Waals surface area contributed by atoms with Crippen molar-refractivity contribution in [3.8, 4) is 0 Å². The number of nitrogens with two attached hydrogens (primary N) is 1. The minimum atomic E-state index is -0.835. The molecule has 0 bridgehead atoms. The third-order valence-corrected chi connectivity index (χ3v) is 5.12. The predicted molar refractivity (Wildman–Crippen MR) is 103 cm³/mol. The number of carbonyl (C=O) groups is 3. The third-order valence-electron chi connectivity index (χ3n) is 4.06. The number of carbonyl (C=O) groups excluding carboxylic acids is 3. The molecule has 26 heavy (non-hydrogen) atoms. The van der Waals surface area contributed by atoms with Gasteiger partial charge in [0.2, 0.25) is 5.91 Å². The number of hydrogen-bond acceptors (Lipinski definition) is 5. The van der Waals surface area contributed by atoms with Crippen molar-refractivity contribution in [3.05, 3.63) is 59.7 Å². The van der Waals surface area contributed by atoms with Gasteiger partial charge >= 0.3 is 0 Å². The number of thioether (sulfide) groups is 1. The molecule has 3 rings (SSSR count). The minimum absolute atomic E-state index is 0.151. The Balaban J connectivity index is 1.95. The summed E-state index contributed by atoms with van der Waals surface area (Å²) < 4.78 is 0. The molecule has 7 heteroatoms. The molecule has 3 amide bonds. The van der Waals surface area contributed by atoms with Gasteiger partial charge in [0.15, 0.2) is 5.37 Å². The highest BCUT2D eigenvalue weighted by molar-refractivity contribution is 8.16. The quantitative estimate of drug-likeness (QED) is 0.876. The molecule has 1 fully saturated rings. The van der Waals surface area contributed by atoms with Crippen molar-refractivity contribution >= 4 is 40.2 Å². The Morgan fingerprint density at radius 1 is 1.12 bits per heavy atom. The molecule has 2 aromatic rings. The van der Waals surface area contributed by atoms with Gasteiger partial charge in [0.1, 0.15) is 0 Å². The van der Waals surface area contributed by atoms with Crippen molar-refractivity contribution in [1.29, 1.82) is 0 Å². The van der Waals surface area contributed by atoms with E-state index in [2.05, 4.69) is 0 Å². The molecule has 2 N–H and O–H groups in total. The summed E-state index contributed by atoms with van der Waals surface area (Å²) in [5.41, 5.74) is 8.57. The van der Waals surface area contributed by atoms with Crippen LogP contribution in [0.5, 0.6) is 0 Å². The monoisotopic (exact) mass is 369 g/mol. The van der Waals surface area contributed by atoms with E-state index in [4.69, 9.17) is 5.73 Å². The lowest BCUT2D eigenvalue weighted by Crippen LogP contribution is -2.45. The summed E-state index contributed by atoms with van der Waals surface area (Å²) in [6.07, 6.45) is 0. The molecule has 1 heterocycles. The first-order valence-electron chi connectivity index (χ1n) is 8.09. The van der Waals surface area contributed by atoms with Gasteiger partial charge in [0.25, 0.3) is 11.1 Å². The lowest BCUT2D eigenvalue weighted by molar-refractivity contribution is -0.117. The normalized spacial score (nSPS) is 16.8. The molecule has 0 aromatic heterocycles. The fraction of sp³-hybridized carbons (Fsp3) is 0.211. The molecule has 1 saturated heterocycles. The first-order chi connectivity index (χ1) is 12.4. The standard InChI is InChI=1S/C19H19N3O3S/c1-12-6-8-14(9-7-12)21(11-16(20)23)18-17(24)22(19(25)26-18)15-5-3-4-13(2)10-15/h3-10,18H,11H2,1-2H3,(H2,20,23)/t18-/m0/s1. The average Bonchev–Trinajstić information content (AvgIpc) is 2.88. The fourth-order valence-electron chi connectivity index (χ4n) is 2.81. The van der Waals surface area contributed by atoms with Gasteiger partial charge in [-0.3, -0.25) is 14.4 Å². The number of benzene rings is 2. The molecule has 0 radical (unpaired) electrons. The molecule has 134 valence electrons. The largest absolute Gasteiger partial charge is 0.368 e. The first-order valence-corrected chi connectivity index (χ1v) is 8.97. The highest BCUT2D eigenvalue weighted by Crippen LogP contribution is 2.36. The van der Waals surface area contributed by atoms with Crippen LogP contribution in [0.3, 0.4) is 0 Å². The van der Waals surface area contributed by atoms with Crippen LogP contribution < -0.4 is 15.5 Å². The van der Waals surface area contributed by atoms with Crippen molar-refractivity contribution in [2.75, 3.05) is 16.3 Å². The van der Waals surface area contributed by atoms with Crippen molar-refractivity contribution < 1.29 is 14.4 Å². The lowest BCUT2D eigenvalue weighted by Gasteiger charge is -2.27. The zero-order valence-electron chi connectivity index (χ0n) is 14.5. The highest BCUT2D eigenvalue weighted by Gasteiger charge is 2.44. The second-order valence-corrected chi connectivity index (χ2v) is 7.21. The van der Waals surface area contributed by atoms with Gasteiger partial charge < -0.3 is 10.6 Å². The Labute approximate surface area is 156 Å². The zero-order chi connectivity index (χ0) is 18.8. The number of aryl methyl sites for hydroxylation is 2. The van der Waals surface area contributed by atoms with E-state index in [-0.39, 0.29) is 17.7 Å². The van der Waals surface area contributed by atoms with Crippen molar-refractivity contribution in [2.45, 2.75) is 19.2 Å². The van der Waals surface area contributed by atoms with Crippen molar-refractivity contribution in [1.82, 2.24) is 0 Å². The van der Waals surface area contributed by atoms with Gasteiger partial charge in [-0.1, -0.05) is 29.8 Å². The number of nitrogens with zero attached hydrogens (tertiary/aromatic N) is 2. The SMILES string of the molecule is Cc1ccc(N(CC(N)=O)[C@H]2SC(=O)N(c3cccc(C)c3)C2=O)cc1. The summed E-state index contributed by atoms with van der Waals surface area (Å²) in [6.45, 7) is 3.69. The number of primary amides is 1. The van der Waals surface area contributed by atoms with Gasteiger partial charge in [-0.25, -0.2) is 4.90 Å². The van der Waals surface area contributed by atoms with E-state index < -0.39 is 11.3 Å². The molecule has 1 atom stereocenters. The van der Waals surface area contributed by atoms with E-state index in [1.54, 1.807) is 23.1 Å². The van der Waals surface area contributed by atoms with Crippen LogP contribution >= 0.6 is 11.8 Å². The highest BCUT2D eigenvalue weighted by atomic mass is 32.2. The van der Waals surface area contributed by atoms with E-state index >= 15 is 0 Å². The first kappa shape index (κ1) is 18.0. The Morgan fingerprint density at radius 3 is 2.42 bits per heavy atom. The van der Waals surface area contributed by atoms with E-state index in [0.717, 1.165) is 27.8 Å². The summed E-state index contributed by atoms with van der Waals surface area (Å²) in [5, 5.41) is -1.20. The summed E-state index contributed by atoms with van der Waals surface area (Å²) in [4.78, 5) is 39.8. The molecule has 1 aliphatic rings. The molecule has 2 aromatic carbocycles. The average molecular weight is 369 g/mol. The van der Waals surface area contributed by atoms with Crippen molar-refractivity contribution in [3.63, 3.8) is 0 Å². The van der Waals surface area contributed by atoms with Crippen LogP contribution in [-0.2, 0) is 9.59 Å². The van der Waals surface area contributed by atoms with E-state index in [0.29, 0.717) is 11.4 Å². The van der Waals surface area contributed by atoms with Gasteiger partial charge in [-0.15, -0.1) is 0 Å². The van der Waals surface area contributed by atoms with Crippen LogP contribution in [-0.4, -0.2) is 29.0 Å². The van der Waals surface area contributed by atoms with Crippen molar-refractivity contribution in [2.24, 2.45) is 5.73 Å². The van der Waals surface area contributed by atoms with Crippen LogP contribution in [0.15, 0.2) is 48.5 Å². The number of anilines is 2. The summed E-state index contributed by atoms with van der Waals surface area (Å²) in [6, 6.07) is 14.6. The summed E-state index contributed by atoms with van der Waals surface area (Å²) >= 11 is 0.887. The van der Waals surface area contributed by atoms with E-state index in [1.165, 1.54) is 0 Å². The predicted octanol–water partition coefficient (Wildman–Crippen LogP) is 2.82. The van der Waals surface area contributed by atoms with E-state index in [9.17, 15) is 14.4 Å². The van der Waals surface area contributed by atoms with Gasteiger partial charge in [-0.05, 0) is 55.4 Å². The molecule has 0 spiro atoms.